The number of nitrogens with zero attached hydrogens (tertiary/aromatic N) is 1. The maximum atomic E-state index is 3.17. The quantitative estimate of drug-likeness (QED) is 0.649. The topological polar surface area (TPSA) is 15.3 Å². The Balaban J connectivity index is 3.70. The maximum Gasteiger partial charge on any atom is 0.0112 e. The van der Waals surface area contributed by atoms with E-state index in [1.165, 1.54) is 0 Å². The van der Waals surface area contributed by atoms with E-state index in [1.807, 2.05) is 7.05 Å². The van der Waals surface area contributed by atoms with Crippen LogP contribution < -0.4 is 5.32 Å². The normalized spacial score (nSPS) is 12.0. The largest absolute Gasteiger partial charge is 0.318 e. The molecule has 0 aliphatic rings. The smallest absolute Gasteiger partial charge is 0.0112 e. The molecule has 0 aromatic heterocycles. The first kappa shape index (κ1) is 10.9. The van der Waals surface area contributed by atoms with E-state index < -0.39 is 0 Å². The zero-order valence-corrected chi connectivity index (χ0v) is 8.52. The molecule has 0 saturated carbocycles. The van der Waals surface area contributed by atoms with Crippen LogP contribution in [0.3, 0.4) is 0 Å². The van der Waals surface area contributed by atoms with Gasteiger partial charge in [0.1, 0.15) is 0 Å². The number of nitrogens with one attached hydrogen (secondary N) is 1. The number of likely N-dealkylation sites (N-methyl/N-ethyl adjacent to an activating group) is 1. The van der Waals surface area contributed by atoms with Gasteiger partial charge in [-0.3, -0.25) is 4.90 Å². The molecule has 2 heteroatoms. The van der Waals surface area contributed by atoms with Crippen LogP contribution in [0.2, 0.25) is 0 Å². The third-order valence-corrected chi connectivity index (χ3v) is 1.95. The zero-order chi connectivity index (χ0) is 8.85. The Morgan fingerprint density at radius 3 is 1.82 bits per heavy atom. The van der Waals surface area contributed by atoms with E-state index in [4.69, 9.17) is 0 Å². The van der Waals surface area contributed by atoms with Gasteiger partial charge in [0.25, 0.3) is 0 Å². The van der Waals surface area contributed by atoms with E-state index in [-0.39, 0.29) is 0 Å². The summed E-state index contributed by atoms with van der Waals surface area (Å²) in [7, 11) is 2.00. The molecule has 2 nitrogen and oxygen atoms in total. The average molecular weight is 158 g/mol. The molecule has 0 radical (unpaired) electrons. The summed E-state index contributed by atoms with van der Waals surface area (Å²) in [5.74, 6) is 0. The second kappa shape index (κ2) is 5.56. The molecular formula is C9H22N2. The van der Waals surface area contributed by atoms with Crippen molar-refractivity contribution in [2.75, 3.05) is 20.1 Å². The van der Waals surface area contributed by atoms with E-state index in [0.717, 1.165) is 13.1 Å². The SMILES string of the molecule is CNCCN(C(C)C)C(C)C. The molecule has 1 N–H and O–H groups in total. The van der Waals surface area contributed by atoms with E-state index in [2.05, 4.69) is 37.9 Å². The van der Waals surface area contributed by atoms with Crippen LogP contribution in [0, 0.1) is 0 Å². The Labute approximate surface area is 71.0 Å². The molecule has 0 bridgehead atoms. The van der Waals surface area contributed by atoms with E-state index in [1.54, 1.807) is 0 Å². The summed E-state index contributed by atoms with van der Waals surface area (Å²) in [6, 6.07) is 1.31. The molecule has 68 valence electrons. The third-order valence-electron chi connectivity index (χ3n) is 1.95. The van der Waals surface area contributed by atoms with Gasteiger partial charge in [-0.1, -0.05) is 0 Å². The fraction of sp³-hybridized carbons (Fsp3) is 1.00. The Hall–Kier alpha value is -0.0800. The first-order valence-corrected chi connectivity index (χ1v) is 4.50. The van der Waals surface area contributed by atoms with Crippen molar-refractivity contribution in [2.45, 2.75) is 39.8 Å². The summed E-state index contributed by atoms with van der Waals surface area (Å²) in [6.45, 7) is 11.2. The van der Waals surface area contributed by atoms with Crippen molar-refractivity contribution in [1.82, 2.24) is 10.2 Å². The molecule has 0 saturated heterocycles. The fourth-order valence-corrected chi connectivity index (χ4v) is 1.35. The summed E-state index contributed by atoms with van der Waals surface area (Å²) in [5, 5.41) is 3.17. The molecule has 0 aromatic rings. The van der Waals surface area contributed by atoms with E-state index in [9.17, 15) is 0 Å². The fourth-order valence-electron chi connectivity index (χ4n) is 1.35. The van der Waals surface area contributed by atoms with Crippen LogP contribution in [0.5, 0.6) is 0 Å². The van der Waals surface area contributed by atoms with E-state index in [0.29, 0.717) is 12.1 Å². The minimum absolute atomic E-state index is 0.656. The minimum atomic E-state index is 0.656. The molecule has 0 unspecified atom stereocenters. The molecule has 0 atom stereocenters. The lowest BCUT2D eigenvalue weighted by molar-refractivity contribution is 0.177. The molecular weight excluding hydrogens is 136 g/mol. The Kier molecular flexibility index (Phi) is 5.51. The average Bonchev–Trinajstić information content (AvgIpc) is 1.87. The summed E-state index contributed by atoms with van der Waals surface area (Å²) >= 11 is 0. The first-order valence-electron chi connectivity index (χ1n) is 4.50. The Morgan fingerprint density at radius 2 is 1.55 bits per heavy atom. The van der Waals surface area contributed by atoms with Gasteiger partial charge < -0.3 is 5.32 Å². The number of hydrogen-bond acceptors (Lipinski definition) is 2. The van der Waals surface area contributed by atoms with Crippen LogP contribution in [-0.4, -0.2) is 37.1 Å². The number of rotatable bonds is 5. The van der Waals surface area contributed by atoms with Gasteiger partial charge in [-0.15, -0.1) is 0 Å². The Bertz CT molecular complexity index is 81.6. The van der Waals surface area contributed by atoms with Crippen LogP contribution in [0.4, 0.5) is 0 Å². The molecule has 0 heterocycles. The van der Waals surface area contributed by atoms with Crippen molar-refractivity contribution in [2.24, 2.45) is 0 Å². The molecule has 0 amide bonds. The monoisotopic (exact) mass is 158 g/mol. The highest BCUT2D eigenvalue weighted by Gasteiger charge is 2.11. The van der Waals surface area contributed by atoms with E-state index >= 15 is 0 Å². The molecule has 0 spiro atoms. The van der Waals surface area contributed by atoms with Crippen LogP contribution in [0.15, 0.2) is 0 Å². The summed E-state index contributed by atoms with van der Waals surface area (Å²) in [4.78, 5) is 2.48. The Morgan fingerprint density at radius 1 is 1.09 bits per heavy atom. The zero-order valence-electron chi connectivity index (χ0n) is 8.52. The van der Waals surface area contributed by atoms with Gasteiger partial charge in [0.15, 0.2) is 0 Å². The molecule has 0 aromatic carbocycles. The molecule has 0 aliphatic heterocycles. The van der Waals surface area contributed by atoms with Crippen molar-refractivity contribution in [3.05, 3.63) is 0 Å². The molecule has 0 fully saturated rings. The lowest BCUT2D eigenvalue weighted by atomic mass is 10.2. The lowest BCUT2D eigenvalue weighted by Gasteiger charge is -2.30. The molecule has 11 heavy (non-hydrogen) atoms. The van der Waals surface area contributed by atoms with Gasteiger partial charge in [-0.2, -0.15) is 0 Å². The lowest BCUT2D eigenvalue weighted by Crippen LogP contribution is -2.40. The van der Waals surface area contributed by atoms with Crippen LogP contribution in [-0.2, 0) is 0 Å². The highest BCUT2D eigenvalue weighted by molar-refractivity contribution is 4.67. The van der Waals surface area contributed by atoms with Crippen LogP contribution in [0.1, 0.15) is 27.7 Å². The van der Waals surface area contributed by atoms with Gasteiger partial charge in [0.05, 0.1) is 0 Å². The number of hydrogen-bond donors (Lipinski definition) is 1. The van der Waals surface area contributed by atoms with Crippen LogP contribution >= 0.6 is 0 Å². The standard InChI is InChI=1S/C9H22N2/c1-8(2)11(9(3)4)7-6-10-5/h8-10H,6-7H2,1-5H3. The predicted molar refractivity (Wildman–Crippen MR) is 50.9 cm³/mol. The van der Waals surface area contributed by atoms with Gasteiger partial charge in [0, 0.05) is 25.2 Å². The molecule has 0 rings (SSSR count). The van der Waals surface area contributed by atoms with Crippen molar-refractivity contribution < 1.29 is 0 Å². The summed E-state index contributed by atoms with van der Waals surface area (Å²) in [5.41, 5.74) is 0. The van der Waals surface area contributed by atoms with Crippen molar-refractivity contribution in [1.29, 1.82) is 0 Å². The van der Waals surface area contributed by atoms with Crippen LogP contribution in [0.25, 0.3) is 0 Å². The van der Waals surface area contributed by atoms with Crippen molar-refractivity contribution in [3.8, 4) is 0 Å². The van der Waals surface area contributed by atoms with Crippen molar-refractivity contribution >= 4 is 0 Å². The highest BCUT2D eigenvalue weighted by atomic mass is 15.2. The van der Waals surface area contributed by atoms with Gasteiger partial charge in [-0.05, 0) is 34.7 Å². The highest BCUT2D eigenvalue weighted by Crippen LogP contribution is 2.02. The van der Waals surface area contributed by atoms with Crippen molar-refractivity contribution in [3.63, 3.8) is 0 Å². The third kappa shape index (κ3) is 4.38. The van der Waals surface area contributed by atoms with Gasteiger partial charge >= 0.3 is 0 Å². The summed E-state index contributed by atoms with van der Waals surface area (Å²) < 4.78 is 0. The molecule has 0 aliphatic carbocycles. The second-order valence-corrected chi connectivity index (χ2v) is 3.53. The summed E-state index contributed by atoms with van der Waals surface area (Å²) in [6.07, 6.45) is 0. The first-order chi connectivity index (χ1) is 5.09. The van der Waals surface area contributed by atoms with Gasteiger partial charge in [0.2, 0.25) is 0 Å². The maximum absolute atomic E-state index is 3.17. The second-order valence-electron chi connectivity index (χ2n) is 3.53. The minimum Gasteiger partial charge on any atom is -0.318 e. The predicted octanol–water partition coefficient (Wildman–Crippen LogP) is 1.32. The van der Waals surface area contributed by atoms with Gasteiger partial charge in [-0.25, -0.2) is 0 Å².